The second-order valence-corrected chi connectivity index (χ2v) is 8.95. The fourth-order valence-electron chi connectivity index (χ4n) is 3.22. The molecule has 0 aliphatic rings. The molecule has 39 heavy (non-hydrogen) atoms. The zero-order valence-corrected chi connectivity index (χ0v) is 22.3. The van der Waals surface area contributed by atoms with Gasteiger partial charge in [0, 0.05) is 13.0 Å². The summed E-state index contributed by atoms with van der Waals surface area (Å²) in [4.78, 5) is 58.9. The standard InChI is InChI=1S/C26H37N3O10/c1-16(2)8-6-4-5-7-9-22(31)27-14-17-10-11-20(21(12-17)38-3)39-26(37)29-18(13-23(32)33)24(34)28-19(15-30)25(35)36/h6,8,10-12,16,18-19,30H,4-5,7,9,13-15H2,1-3H3,(H,27,31)(H,28,34)(H,29,37)(H,32,33)(H,35,36)/b8-6+/t18-,19-/m0/s1. The quantitative estimate of drug-likeness (QED) is 0.122. The van der Waals surface area contributed by atoms with Gasteiger partial charge in [-0.05, 0) is 42.9 Å². The summed E-state index contributed by atoms with van der Waals surface area (Å²) in [6.45, 7) is 3.48. The molecule has 13 heteroatoms. The third kappa shape index (κ3) is 13.3. The highest BCUT2D eigenvalue weighted by Gasteiger charge is 2.29. The van der Waals surface area contributed by atoms with E-state index in [-0.39, 0.29) is 24.0 Å². The highest BCUT2D eigenvalue weighted by Crippen LogP contribution is 2.28. The fourth-order valence-corrected chi connectivity index (χ4v) is 3.22. The number of carboxylic acid groups (broad SMARTS) is 2. The maximum atomic E-state index is 12.4. The zero-order valence-electron chi connectivity index (χ0n) is 22.3. The molecule has 0 unspecified atom stereocenters. The Kier molecular flexibility index (Phi) is 14.7. The zero-order chi connectivity index (χ0) is 29.4. The number of allylic oxidation sites excluding steroid dienone is 2. The van der Waals surface area contributed by atoms with Crippen LogP contribution in [0.2, 0.25) is 0 Å². The van der Waals surface area contributed by atoms with Gasteiger partial charge in [0.05, 0.1) is 20.1 Å². The lowest BCUT2D eigenvalue weighted by Gasteiger charge is -2.19. The Morgan fingerprint density at radius 3 is 2.31 bits per heavy atom. The largest absolute Gasteiger partial charge is 0.493 e. The first-order valence-corrected chi connectivity index (χ1v) is 12.4. The van der Waals surface area contributed by atoms with Crippen molar-refractivity contribution in [1.29, 1.82) is 0 Å². The van der Waals surface area contributed by atoms with E-state index >= 15 is 0 Å². The van der Waals surface area contributed by atoms with Crippen molar-refractivity contribution in [2.45, 2.75) is 64.6 Å². The Morgan fingerprint density at radius 2 is 1.72 bits per heavy atom. The minimum Gasteiger partial charge on any atom is -0.493 e. The predicted molar refractivity (Wildman–Crippen MR) is 139 cm³/mol. The summed E-state index contributed by atoms with van der Waals surface area (Å²) in [6, 6.07) is 1.16. The average Bonchev–Trinajstić information content (AvgIpc) is 2.87. The van der Waals surface area contributed by atoms with Crippen molar-refractivity contribution in [2.24, 2.45) is 5.92 Å². The molecule has 0 spiro atoms. The monoisotopic (exact) mass is 551 g/mol. The third-order valence-electron chi connectivity index (χ3n) is 5.25. The summed E-state index contributed by atoms with van der Waals surface area (Å²) in [5.74, 6) is -3.64. The van der Waals surface area contributed by atoms with Gasteiger partial charge >= 0.3 is 18.0 Å². The molecular formula is C26H37N3O10. The molecule has 0 aromatic heterocycles. The van der Waals surface area contributed by atoms with Crippen LogP contribution in [-0.4, -0.2) is 71.0 Å². The van der Waals surface area contributed by atoms with E-state index in [2.05, 4.69) is 36.6 Å². The van der Waals surface area contributed by atoms with Crippen LogP contribution < -0.4 is 25.4 Å². The molecule has 1 aromatic carbocycles. The maximum Gasteiger partial charge on any atom is 0.413 e. The molecule has 1 rings (SSSR count). The van der Waals surface area contributed by atoms with Crippen LogP contribution in [0.15, 0.2) is 30.4 Å². The van der Waals surface area contributed by atoms with Crippen molar-refractivity contribution >= 4 is 29.8 Å². The van der Waals surface area contributed by atoms with E-state index in [9.17, 15) is 24.0 Å². The Morgan fingerprint density at radius 1 is 1.00 bits per heavy atom. The first-order chi connectivity index (χ1) is 18.5. The van der Waals surface area contributed by atoms with Gasteiger partial charge in [0.1, 0.15) is 12.1 Å². The lowest BCUT2D eigenvalue weighted by atomic mass is 10.1. The number of benzene rings is 1. The number of rotatable bonds is 17. The lowest BCUT2D eigenvalue weighted by Crippen LogP contribution is -2.53. The normalized spacial score (nSPS) is 12.4. The average molecular weight is 552 g/mol. The van der Waals surface area contributed by atoms with Gasteiger partial charge in [0.2, 0.25) is 11.8 Å². The number of aliphatic carboxylic acids is 2. The summed E-state index contributed by atoms with van der Waals surface area (Å²) >= 11 is 0. The molecule has 216 valence electrons. The molecule has 0 radical (unpaired) electrons. The van der Waals surface area contributed by atoms with Gasteiger partial charge in [0.25, 0.3) is 0 Å². The van der Waals surface area contributed by atoms with Gasteiger partial charge in [-0.25, -0.2) is 9.59 Å². The Hall–Kier alpha value is -4.13. The van der Waals surface area contributed by atoms with E-state index in [1.165, 1.54) is 13.2 Å². The number of unbranched alkanes of at least 4 members (excludes halogenated alkanes) is 2. The van der Waals surface area contributed by atoms with Gasteiger partial charge < -0.3 is 40.7 Å². The molecule has 2 atom stereocenters. The highest BCUT2D eigenvalue weighted by molar-refractivity contribution is 5.92. The van der Waals surface area contributed by atoms with Crippen LogP contribution >= 0.6 is 0 Å². The minimum atomic E-state index is -1.69. The topological polar surface area (TPSA) is 201 Å². The first-order valence-electron chi connectivity index (χ1n) is 12.4. The molecule has 0 bridgehead atoms. The molecular weight excluding hydrogens is 514 g/mol. The van der Waals surface area contributed by atoms with E-state index in [1.807, 2.05) is 5.32 Å². The molecule has 13 nitrogen and oxygen atoms in total. The molecule has 0 fully saturated rings. The van der Waals surface area contributed by atoms with Crippen molar-refractivity contribution in [1.82, 2.24) is 16.0 Å². The van der Waals surface area contributed by atoms with Crippen LogP contribution in [0.25, 0.3) is 0 Å². The van der Waals surface area contributed by atoms with Crippen LogP contribution in [0.3, 0.4) is 0 Å². The first kappa shape index (κ1) is 32.9. The number of hydrogen-bond donors (Lipinski definition) is 6. The predicted octanol–water partition coefficient (Wildman–Crippen LogP) is 1.58. The lowest BCUT2D eigenvalue weighted by molar-refractivity contribution is -0.143. The molecule has 6 N–H and O–H groups in total. The van der Waals surface area contributed by atoms with Crippen molar-refractivity contribution in [3.05, 3.63) is 35.9 Å². The van der Waals surface area contributed by atoms with Crippen molar-refractivity contribution in [3.63, 3.8) is 0 Å². The molecule has 0 aliphatic heterocycles. The molecule has 0 saturated heterocycles. The summed E-state index contributed by atoms with van der Waals surface area (Å²) in [6.07, 6.45) is 5.16. The molecule has 0 heterocycles. The fraction of sp³-hybridized carbons (Fsp3) is 0.500. The second kappa shape index (κ2) is 17.4. The Bertz CT molecular complexity index is 1030. The molecule has 0 saturated carbocycles. The van der Waals surface area contributed by atoms with E-state index in [0.29, 0.717) is 17.9 Å². The summed E-state index contributed by atoms with van der Waals surface area (Å²) < 4.78 is 10.4. The van der Waals surface area contributed by atoms with Crippen LogP contribution in [0, 0.1) is 5.92 Å². The van der Waals surface area contributed by atoms with Gasteiger partial charge in [-0.3, -0.25) is 14.4 Å². The van der Waals surface area contributed by atoms with Gasteiger partial charge in [-0.1, -0.05) is 32.1 Å². The number of methoxy groups -OCH3 is 1. The van der Waals surface area contributed by atoms with Crippen molar-refractivity contribution in [3.8, 4) is 11.5 Å². The number of carbonyl (C=O) groups is 5. The van der Waals surface area contributed by atoms with Crippen LogP contribution in [-0.2, 0) is 25.7 Å². The van der Waals surface area contributed by atoms with Gasteiger partial charge in [-0.2, -0.15) is 0 Å². The highest BCUT2D eigenvalue weighted by atomic mass is 16.6. The summed E-state index contributed by atoms with van der Waals surface area (Å²) in [5, 5.41) is 33.9. The molecule has 3 amide bonds. The molecule has 1 aromatic rings. The molecule has 0 aliphatic carbocycles. The number of carboxylic acids is 2. The van der Waals surface area contributed by atoms with Gasteiger partial charge in [-0.15, -0.1) is 0 Å². The Labute approximate surface area is 226 Å². The van der Waals surface area contributed by atoms with E-state index < -0.39 is 49.1 Å². The van der Waals surface area contributed by atoms with E-state index in [0.717, 1.165) is 19.3 Å². The van der Waals surface area contributed by atoms with Crippen molar-refractivity contribution in [2.75, 3.05) is 13.7 Å². The second-order valence-electron chi connectivity index (χ2n) is 8.95. The number of aliphatic hydroxyl groups is 1. The SMILES string of the molecule is COc1cc(CNC(=O)CCCC/C=C/C(C)C)ccc1OC(=O)N[C@@H](CC(=O)O)C(=O)N[C@@H](CO)C(=O)O. The smallest absolute Gasteiger partial charge is 0.413 e. The number of hydrogen-bond acceptors (Lipinski definition) is 8. The Balaban J connectivity index is 2.70. The number of amides is 3. The van der Waals surface area contributed by atoms with E-state index in [1.54, 1.807) is 12.1 Å². The summed E-state index contributed by atoms with van der Waals surface area (Å²) in [7, 11) is 1.33. The van der Waals surface area contributed by atoms with Gasteiger partial charge in [0.15, 0.2) is 11.5 Å². The van der Waals surface area contributed by atoms with Crippen LogP contribution in [0.1, 0.15) is 51.5 Å². The van der Waals surface area contributed by atoms with Crippen LogP contribution in [0.5, 0.6) is 11.5 Å². The number of ether oxygens (including phenoxy) is 2. The number of carbonyl (C=O) groups excluding carboxylic acids is 3. The van der Waals surface area contributed by atoms with E-state index in [4.69, 9.17) is 24.8 Å². The van der Waals surface area contributed by atoms with Crippen molar-refractivity contribution < 1.29 is 48.8 Å². The minimum absolute atomic E-state index is 0.0483. The number of nitrogens with one attached hydrogen (secondary N) is 3. The third-order valence-corrected chi connectivity index (χ3v) is 5.25. The number of aliphatic hydroxyl groups excluding tert-OH is 1. The van der Waals surface area contributed by atoms with Crippen LogP contribution in [0.4, 0.5) is 4.79 Å². The summed E-state index contributed by atoms with van der Waals surface area (Å²) in [5.41, 5.74) is 0.666. The maximum absolute atomic E-state index is 12.4.